The van der Waals surface area contributed by atoms with Crippen LogP contribution in [0.1, 0.15) is 52.5 Å². The van der Waals surface area contributed by atoms with E-state index in [1.54, 1.807) is 24.3 Å². The van der Waals surface area contributed by atoms with Crippen molar-refractivity contribution in [2.24, 2.45) is 11.3 Å². The van der Waals surface area contributed by atoms with E-state index in [2.05, 4.69) is 4.74 Å². The number of alkyl halides is 6. The number of fused-ring (bicyclic) bond motifs is 1. The van der Waals surface area contributed by atoms with Crippen molar-refractivity contribution < 1.29 is 45.0 Å². The summed E-state index contributed by atoms with van der Waals surface area (Å²) in [5, 5.41) is 0.564. The summed E-state index contributed by atoms with van der Waals surface area (Å²) in [6.45, 7) is 5.28. The van der Waals surface area contributed by atoms with Crippen LogP contribution in [0.25, 0.3) is 22.3 Å². The number of thioether (sulfide) groups is 1. The Bertz CT molecular complexity index is 1300. The van der Waals surface area contributed by atoms with Crippen molar-refractivity contribution >= 4 is 28.7 Å². The molecule has 0 bridgehead atoms. The first-order valence-electron chi connectivity index (χ1n) is 12.9. The first kappa shape index (κ1) is 31.7. The lowest BCUT2D eigenvalue weighted by Crippen LogP contribution is -2.42. The highest BCUT2D eigenvalue weighted by molar-refractivity contribution is 7.99. The van der Waals surface area contributed by atoms with E-state index >= 15 is 0 Å². The van der Waals surface area contributed by atoms with Crippen LogP contribution in [0, 0.1) is 11.3 Å². The van der Waals surface area contributed by atoms with E-state index in [-0.39, 0.29) is 17.1 Å². The molecule has 1 aromatic heterocycles. The first-order valence-corrected chi connectivity index (χ1v) is 13.9. The summed E-state index contributed by atoms with van der Waals surface area (Å²) in [4.78, 5) is 12.2. The van der Waals surface area contributed by atoms with Crippen LogP contribution < -0.4 is 4.74 Å². The van der Waals surface area contributed by atoms with E-state index in [1.165, 1.54) is 32.0 Å². The van der Waals surface area contributed by atoms with Gasteiger partial charge in [-0.05, 0) is 61.7 Å². The van der Waals surface area contributed by atoms with Gasteiger partial charge in [-0.25, -0.2) is 0 Å². The van der Waals surface area contributed by atoms with Crippen LogP contribution in [0.3, 0.4) is 0 Å². The van der Waals surface area contributed by atoms with Gasteiger partial charge in [-0.2, -0.15) is 13.2 Å². The Labute approximate surface area is 233 Å². The normalized spacial score (nSPS) is 14.0. The van der Waals surface area contributed by atoms with Crippen LogP contribution in [0.4, 0.5) is 26.3 Å². The fourth-order valence-corrected chi connectivity index (χ4v) is 4.88. The Morgan fingerprint density at radius 2 is 1.73 bits per heavy atom. The van der Waals surface area contributed by atoms with Gasteiger partial charge in [0, 0.05) is 16.0 Å². The third-order valence-electron chi connectivity index (χ3n) is 6.34. The van der Waals surface area contributed by atoms with Crippen LogP contribution in [-0.2, 0) is 16.0 Å². The number of benzene rings is 2. The van der Waals surface area contributed by atoms with Gasteiger partial charge < -0.3 is 13.9 Å². The molecule has 11 heteroatoms. The summed E-state index contributed by atoms with van der Waals surface area (Å²) in [6, 6.07) is 10.9. The van der Waals surface area contributed by atoms with E-state index in [4.69, 9.17) is 9.15 Å². The SMILES string of the molecule is CCCCCc1ccc(-c2cc3ccc(SCC(C)(COC(=O)C(C)C)C(F)(F)F)cc3o2)c(OC(F)(F)F)c1. The van der Waals surface area contributed by atoms with E-state index in [1.807, 2.05) is 6.92 Å². The zero-order valence-corrected chi connectivity index (χ0v) is 23.5. The fraction of sp³-hybridized carbons (Fsp3) is 0.483. The summed E-state index contributed by atoms with van der Waals surface area (Å²) < 4.78 is 96.1. The van der Waals surface area contributed by atoms with Crippen LogP contribution >= 0.6 is 11.8 Å². The average molecular weight is 591 g/mol. The Kier molecular flexibility index (Phi) is 10.1. The molecule has 0 amide bonds. The molecule has 0 aliphatic rings. The van der Waals surface area contributed by atoms with Gasteiger partial charge in [0.1, 0.15) is 29.1 Å². The number of halogens is 6. The van der Waals surface area contributed by atoms with Gasteiger partial charge in [-0.3, -0.25) is 4.79 Å². The molecule has 1 heterocycles. The zero-order chi connectivity index (χ0) is 29.7. The number of carbonyl (C=O) groups excluding carboxylic acids is 1. The molecular weight excluding hydrogens is 558 g/mol. The van der Waals surface area contributed by atoms with Crippen molar-refractivity contribution in [3.63, 3.8) is 0 Å². The summed E-state index contributed by atoms with van der Waals surface area (Å²) in [5.41, 5.74) is -1.18. The molecule has 0 N–H and O–H groups in total. The number of aryl methyl sites for hydroxylation is 1. The molecule has 0 fully saturated rings. The maximum absolute atomic E-state index is 13.9. The summed E-state index contributed by atoms with van der Waals surface area (Å²) in [7, 11) is 0. The standard InChI is InChI=1S/C29H32F6O4S/c1-5-6-7-8-19-9-12-22(25(13-19)39-29(33,34)35)24-14-20-10-11-21(15-23(20)38-24)40-17-27(4,28(30,31)32)16-37-26(36)18(2)3/h9-15,18H,5-8,16-17H2,1-4H3. The predicted molar refractivity (Wildman–Crippen MR) is 142 cm³/mol. The van der Waals surface area contributed by atoms with Gasteiger partial charge >= 0.3 is 18.5 Å². The molecular formula is C29H32F6O4S. The van der Waals surface area contributed by atoms with Gasteiger partial charge in [0.2, 0.25) is 0 Å². The smallest absolute Gasteiger partial charge is 0.465 e. The third-order valence-corrected chi connectivity index (χ3v) is 7.71. The number of unbranched alkanes of at least 4 members (excludes halogenated alkanes) is 2. The van der Waals surface area contributed by atoms with Gasteiger partial charge in [0.25, 0.3) is 0 Å². The predicted octanol–water partition coefficient (Wildman–Crippen LogP) is 9.59. The molecule has 1 atom stereocenters. The minimum absolute atomic E-state index is 0.110. The van der Waals surface area contributed by atoms with Crippen LogP contribution in [0.5, 0.6) is 5.75 Å². The van der Waals surface area contributed by atoms with E-state index in [0.29, 0.717) is 27.8 Å². The van der Waals surface area contributed by atoms with Gasteiger partial charge in [-0.15, -0.1) is 24.9 Å². The van der Waals surface area contributed by atoms with Crippen molar-refractivity contribution in [1.82, 2.24) is 0 Å². The van der Waals surface area contributed by atoms with Crippen LogP contribution in [0.2, 0.25) is 0 Å². The van der Waals surface area contributed by atoms with E-state index in [9.17, 15) is 31.1 Å². The summed E-state index contributed by atoms with van der Waals surface area (Å²) in [5.74, 6) is -1.94. The molecule has 2 aromatic carbocycles. The fourth-order valence-electron chi connectivity index (χ4n) is 3.79. The number of carbonyl (C=O) groups is 1. The number of rotatable bonds is 12. The van der Waals surface area contributed by atoms with E-state index < -0.39 is 42.2 Å². The summed E-state index contributed by atoms with van der Waals surface area (Å²) in [6.07, 6.45) is -6.16. The van der Waals surface area contributed by atoms with Gasteiger partial charge in [-0.1, -0.05) is 39.7 Å². The minimum Gasteiger partial charge on any atom is -0.465 e. The number of hydrogen-bond donors (Lipinski definition) is 0. The largest absolute Gasteiger partial charge is 0.573 e. The first-order chi connectivity index (χ1) is 18.6. The molecule has 0 aliphatic carbocycles. The molecule has 0 radical (unpaired) electrons. The Hall–Kier alpha value is -2.82. The lowest BCUT2D eigenvalue weighted by atomic mass is 9.94. The Morgan fingerprint density at radius 1 is 1.00 bits per heavy atom. The molecule has 1 unspecified atom stereocenters. The monoisotopic (exact) mass is 590 g/mol. The van der Waals surface area contributed by atoms with Crippen molar-refractivity contribution in [3.05, 3.63) is 48.0 Å². The molecule has 40 heavy (non-hydrogen) atoms. The van der Waals surface area contributed by atoms with Crippen molar-refractivity contribution in [1.29, 1.82) is 0 Å². The average Bonchev–Trinajstić information content (AvgIpc) is 3.27. The number of ether oxygens (including phenoxy) is 2. The lowest BCUT2D eigenvalue weighted by Gasteiger charge is -2.31. The molecule has 220 valence electrons. The maximum Gasteiger partial charge on any atom is 0.573 e. The lowest BCUT2D eigenvalue weighted by molar-refractivity contribution is -0.274. The summed E-state index contributed by atoms with van der Waals surface area (Å²) >= 11 is 0.912. The van der Waals surface area contributed by atoms with Crippen LogP contribution in [0.15, 0.2) is 51.8 Å². The molecule has 0 spiro atoms. The molecule has 4 nitrogen and oxygen atoms in total. The third kappa shape index (κ3) is 8.34. The highest BCUT2D eigenvalue weighted by atomic mass is 32.2. The van der Waals surface area contributed by atoms with E-state index in [0.717, 1.165) is 37.9 Å². The van der Waals surface area contributed by atoms with Gasteiger partial charge in [0.15, 0.2) is 0 Å². The topological polar surface area (TPSA) is 48.7 Å². The second kappa shape index (κ2) is 12.8. The molecule has 3 rings (SSSR count). The second-order valence-electron chi connectivity index (χ2n) is 10.3. The van der Waals surface area contributed by atoms with Crippen molar-refractivity contribution in [3.8, 4) is 17.1 Å². The molecule has 0 saturated carbocycles. The molecule has 0 aliphatic heterocycles. The number of esters is 1. The number of furan rings is 1. The Balaban J connectivity index is 1.85. The van der Waals surface area contributed by atoms with Crippen molar-refractivity contribution in [2.45, 2.75) is 70.8 Å². The minimum atomic E-state index is -4.90. The molecule has 3 aromatic rings. The second-order valence-corrected chi connectivity index (χ2v) is 11.3. The highest BCUT2D eigenvalue weighted by Gasteiger charge is 2.52. The quantitative estimate of drug-likeness (QED) is 0.0910. The van der Waals surface area contributed by atoms with Crippen LogP contribution in [-0.4, -0.2) is 30.9 Å². The maximum atomic E-state index is 13.9. The zero-order valence-electron chi connectivity index (χ0n) is 22.7. The van der Waals surface area contributed by atoms with Crippen molar-refractivity contribution in [2.75, 3.05) is 12.4 Å². The molecule has 0 saturated heterocycles. The Morgan fingerprint density at radius 3 is 2.35 bits per heavy atom. The highest BCUT2D eigenvalue weighted by Crippen LogP contribution is 2.43. The van der Waals surface area contributed by atoms with Gasteiger partial charge in [0.05, 0.1) is 11.5 Å². The number of hydrogen-bond acceptors (Lipinski definition) is 5.